The summed E-state index contributed by atoms with van der Waals surface area (Å²) in [6, 6.07) is 11.5. The molecule has 0 saturated carbocycles. The van der Waals surface area contributed by atoms with Crippen molar-refractivity contribution in [3.63, 3.8) is 0 Å². The summed E-state index contributed by atoms with van der Waals surface area (Å²) in [7, 11) is 1.63. The smallest absolute Gasteiger partial charge is 0.415 e. The van der Waals surface area contributed by atoms with Gasteiger partial charge in [0.25, 0.3) is 0 Å². The molecule has 0 radical (unpaired) electrons. The molecule has 5 rings (SSSR count). The van der Waals surface area contributed by atoms with Crippen LogP contribution in [0.2, 0.25) is 0 Å². The first-order valence-corrected chi connectivity index (χ1v) is 11.2. The monoisotopic (exact) mass is 471 g/mol. The van der Waals surface area contributed by atoms with Gasteiger partial charge < -0.3 is 19.1 Å². The molecule has 3 aromatic heterocycles. The van der Waals surface area contributed by atoms with Gasteiger partial charge in [0.05, 0.1) is 18.4 Å². The Morgan fingerprint density at radius 1 is 1.17 bits per heavy atom. The van der Waals surface area contributed by atoms with E-state index in [0.717, 1.165) is 39.9 Å². The first-order valence-electron chi connectivity index (χ1n) is 11.2. The van der Waals surface area contributed by atoms with E-state index in [9.17, 15) is 4.79 Å². The van der Waals surface area contributed by atoms with E-state index in [0.29, 0.717) is 30.4 Å². The SMILES string of the molecule is C=C(C)OC(=O)N1CC=C(c2ccc3nnc(COc4ccnc5cc(OC)ccc45)n3c2)CC1. The topological polar surface area (TPSA) is 91.1 Å². The van der Waals surface area contributed by atoms with Crippen LogP contribution in [0.4, 0.5) is 4.79 Å². The Bertz CT molecular complexity index is 1460. The van der Waals surface area contributed by atoms with Gasteiger partial charge in [-0.2, -0.15) is 0 Å². The van der Waals surface area contributed by atoms with Crippen LogP contribution in [-0.2, 0) is 11.3 Å². The Balaban J connectivity index is 1.34. The second kappa shape index (κ2) is 9.46. The third kappa shape index (κ3) is 4.65. The highest BCUT2D eigenvalue weighted by molar-refractivity contribution is 5.86. The number of benzene rings is 1. The molecule has 9 heteroatoms. The molecule has 9 nitrogen and oxygen atoms in total. The van der Waals surface area contributed by atoms with Crippen molar-refractivity contribution in [3.8, 4) is 11.5 Å². The lowest BCUT2D eigenvalue weighted by Gasteiger charge is -2.25. The molecule has 0 spiro atoms. The predicted molar refractivity (Wildman–Crippen MR) is 131 cm³/mol. The number of aromatic nitrogens is 4. The summed E-state index contributed by atoms with van der Waals surface area (Å²) in [4.78, 5) is 18.2. The highest BCUT2D eigenvalue weighted by Crippen LogP contribution is 2.28. The molecule has 35 heavy (non-hydrogen) atoms. The molecule has 1 aromatic carbocycles. The molecule has 0 fully saturated rings. The summed E-state index contributed by atoms with van der Waals surface area (Å²) in [5, 5.41) is 9.49. The first kappa shape index (κ1) is 22.4. The van der Waals surface area contributed by atoms with Crippen LogP contribution in [0.15, 0.2) is 67.2 Å². The van der Waals surface area contributed by atoms with E-state index in [1.54, 1.807) is 25.1 Å². The molecular formula is C26H25N5O4. The number of carbonyl (C=O) groups is 1. The summed E-state index contributed by atoms with van der Waals surface area (Å²) in [6.45, 7) is 6.59. The number of ether oxygens (including phenoxy) is 3. The van der Waals surface area contributed by atoms with Crippen molar-refractivity contribution >= 4 is 28.2 Å². The van der Waals surface area contributed by atoms with Gasteiger partial charge in [-0.25, -0.2) is 4.79 Å². The lowest BCUT2D eigenvalue weighted by molar-refractivity contribution is 0.133. The molecule has 1 aliphatic heterocycles. The largest absolute Gasteiger partial charge is 0.497 e. The Morgan fingerprint density at radius 3 is 2.83 bits per heavy atom. The van der Waals surface area contributed by atoms with Gasteiger partial charge in [0.1, 0.15) is 18.1 Å². The fourth-order valence-corrected chi connectivity index (χ4v) is 4.03. The number of hydrogen-bond acceptors (Lipinski definition) is 7. The Morgan fingerprint density at radius 2 is 2.06 bits per heavy atom. The molecule has 1 aliphatic rings. The average molecular weight is 472 g/mol. The number of rotatable bonds is 6. The Kier molecular flexibility index (Phi) is 6.05. The molecule has 1 amide bonds. The zero-order valence-electron chi connectivity index (χ0n) is 19.6. The van der Waals surface area contributed by atoms with E-state index < -0.39 is 0 Å². The zero-order chi connectivity index (χ0) is 24.4. The summed E-state index contributed by atoms with van der Waals surface area (Å²) >= 11 is 0. The van der Waals surface area contributed by atoms with Crippen molar-refractivity contribution < 1.29 is 19.0 Å². The fraction of sp³-hybridized carbons (Fsp3) is 0.231. The van der Waals surface area contributed by atoms with Crippen molar-refractivity contribution in [1.29, 1.82) is 0 Å². The molecule has 4 heterocycles. The van der Waals surface area contributed by atoms with Gasteiger partial charge in [0, 0.05) is 36.9 Å². The van der Waals surface area contributed by atoms with E-state index in [2.05, 4.69) is 21.8 Å². The van der Waals surface area contributed by atoms with Crippen molar-refractivity contribution in [2.24, 2.45) is 0 Å². The normalized spacial score (nSPS) is 13.5. The molecule has 0 atom stereocenters. The fourth-order valence-electron chi connectivity index (χ4n) is 4.03. The standard InChI is InChI=1S/C26H25N5O4/c1-17(2)35-26(32)30-12-9-18(10-13-30)19-4-7-24-28-29-25(31(24)15-19)16-34-23-8-11-27-22-14-20(33-3)5-6-21(22)23/h4-9,11,14-15H,1,10,12-13,16H2,2-3H3. The number of amides is 1. The minimum absolute atomic E-state index is 0.245. The van der Waals surface area contributed by atoms with Crippen LogP contribution in [0.25, 0.3) is 22.1 Å². The van der Waals surface area contributed by atoms with Crippen molar-refractivity contribution in [3.05, 3.63) is 78.6 Å². The van der Waals surface area contributed by atoms with Crippen molar-refractivity contribution in [2.75, 3.05) is 20.2 Å². The maximum absolute atomic E-state index is 12.1. The van der Waals surface area contributed by atoms with E-state index >= 15 is 0 Å². The van der Waals surface area contributed by atoms with Crippen LogP contribution in [0, 0.1) is 0 Å². The maximum atomic E-state index is 12.1. The predicted octanol–water partition coefficient (Wildman–Crippen LogP) is 4.62. The van der Waals surface area contributed by atoms with Crippen molar-refractivity contribution in [1.82, 2.24) is 24.5 Å². The lowest BCUT2D eigenvalue weighted by Crippen LogP contribution is -2.34. The number of allylic oxidation sites excluding steroid dienone is 1. The van der Waals surface area contributed by atoms with Gasteiger partial charge >= 0.3 is 6.09 Å². The Hall–Kier alpha value is -4.40. The highest BCUT2D eigenvalue weighted by Gasteiger charge is 2.20. The van der Waals surface area contributed by atoms with Gasteiger partial charge in [0.15, 0.2) is 11.5 Å². The van der Waals surface area contributed by atoms with Gasteiger partial charge in [-0.3, -0.25) is 9.38 Å². The van der Waals surface area contributed by atoms with Crippen LogP contribution in [0.5, 0.6) is 11.5 Å². The number of carbonyl (C=O) groups excluding carboxylic acids is 1. The third-order valence-corrected chi connectivity index (χ3v) is 5.84. The first-order chi connectivity index (χ1) is 17.0. The number of methoxy groups -OCH3 is 1. The second-order valence-corrected chi connectivity index (χ2v) is 8.24. The quantitative estimate of drug-likeness (QED) is 0.379. The van der Waals surface area contributed by atoms with E-state index in [-0.39, 0.29) is 12.7 Å². The van der Waals surface area contributed by atoms with E-state index in [1.165, 1.54) is 0 Å². The van der Waals surface area contributed by atoms with Crippen molar-refractivity contribution in [2.45, 2.75) is 20.0 Å². The number of nitrogens with zero attached hydrogens (tertiary/aromatic N) is 5. The minimum atomic E-state index is -0.372. The van der Waals surface area contributed by atoms with Gasteiger partial charge in [-0.1, -0.05) is 12.7 Å². The molecule has 0 saturated heterocycles. The number of hydrogen-bond donors (Lipinski definition) is 0. The third-order valence-electron chi connectivity index (χ3n) is 5.84. The van der Waals surface area contributed by atoms with E-state index in [1.807, 2.05) is 53.1 Å². The zero-order valence-corrected chi connectivity index (χ0v) is 19.6. The van der Waals surface area contributed by atoms with Gasteiger partial charge in [-0.05, 0) is 54.8 Å². The van der Waals surface area contributed by atoms with Crippen LogP contribution in [0.1, 0.15) is 24.7 Å². The highest BCUT2D eigenvalue weighted by atomic mass is 16.6. The molecule has 0 bridgehead atoms. The molecule has 178 valence electrons. The summed E-state index contributed by atoms with van der Waals surface area (Å²) < 4.78 is 18.5. The molecule has 4 aromatic rings. The average Bonchev–Trinajstić information content (AvgIpc) is 3.29. The molecule has 0 aliphatic carbocycles. The Labute approximate surface area is 202 Å². The number of fused-ring (bicyclic) bond motifs is 2. The van der Waals surface area contributed by atoms with Crippen LogP contribution in [-0.4, -0.2) is 50.8 Å². The van der Waals surface area contributed by atoms with Crippen LogP contribution in [0.3, 0.4) is 0 Å². The molecule has 0 N–H and O–H groups in total. The summed E-state index contributed by atoms with van der Waals surface area (Å²) in [6.07, 6.45) is 6.11. The summed E-state index contributed by atoms with van der Waals surface area (Å²) in [5.41, 5.74) is 3.73. The van der Waals surface area contributed by atoms with Gasteiger partial charge in [0.2, 0.25) is 0 Å². The van der Waals surface area contributed by atoms with Crippen LogP contribution < -0.4 is 9.47 Å². The molecular weight excluding hydrogens is 446 g/mol. The van der Waals surface area contributed by atoms with Gasteiger partial charge in [-0.15, -0.1) is 10.2 Å². The van der Waals surface area contributed by atoms with Crippen LogP contribution >= 0.6 is 0 Å². The number of pyridine rings is 2. The van der Waals surface area contributed by atoms with E-state index in [4.69, 9.17) is 14.2 Å². The molecule has 0 unspecified atom stereocenters. The summed E-state index contributed by atoms with van der Waals surface area (Å²) in [5.74, 6) is 2.52. The minimum Gasteiger partial charge on any atom is -0.497 e. The maximum Gasteiger partial charge on any atom is 0.415 e. The lowest BCUT2D eigenvalue weighted by atomic mass is 10.0. The second-order valence-electron chi connectivity index (χ2n) is 8.24.